The number of hydrogen-bond acceptors (Lipinski definition) is 3. The summed E-state index contributed by atoms with van der Waals surface area (Å²) in [6.07, 6.45) is 4.81. The van der Waals surface area contributed by atoms with Gasteiger partial charge in [0.1, 0.15) is 11.9 Å². The molecule has 0 amide bonds. The van der Waals surface area contributed by atoms with E-state index in [4.69, 9.17) is 15.2 Å². The average Bonchev–Trinajstić information content (AvgIpc) is 3.08. The number of nitrogens with two attached hydrogens (primary N) is 1. The van der Waals surface area contributed by atoms with Crippen molar-refractivity contribution in [3.63, 3.8) is 0 Å². The van der Waals surface area contributed by atoms with E-state index in [0.29, 0.717) is 19.1 Å². The van der Waals surface area contributed by atoms with Crippen molar-refractivity contribution >= 4 is 29.9 Å². The van der Waals surface area contributed by atoms with E-state index >= 15 is 0 Å². The number of aryl methyl sites for hydroxylation is 1. The highest BCUT2D eigenvalue weighted by Gasteiger charge is 2.19. The van der Waals surface area contributed by atoms with Gasteiger partial charge in [0, 0.05) is 25.1 Å². The monoisotopic (exact) mass is 445 g/mol. The molecule has 134 valence electrons. The molecular formula is C18H28IN3O2. The third-order valence-corrected chi connectivity index (χ3v) is 4.50. The second-order valence-electron chi connectivity index (χ2n) is 6.44. The second kappa shape index (κ2) is 9.46. The summed E-state index contributed by atoms with van der Waals surface area (Å²) in [4.78, 5) is 6.78. The molecule has 2 aliphatic rings. The molecule has 1 unspecified atom stereocenters. The first kappa shape index (κ1) is 19.3. The molecule has 0 spiro atoms. The number of rotatable bonds is 4. The number of likely N-dealkylation sites (tertiary alicyclic amines) is 1. The Labute approximate surface area is 161 Å². The molecule has 2 N–H and O–H groups in total. The Morgan fingerprint density at radius 2 is 2.12 bits per heavy atom. The number of nitrogens with zero attached hydrogens (tertiary/aromatic N) is 2. The first-order valence-electron chi connectivity index (χ1n) is 8.61. The van der Waals surface area contributed by atoms with Crippen LogP contribution in [0.1, 0.15) is 36.8 Å². The van der Waals surface area contributed by atoms with Gasteiger partial charge < -0.3 is 20.1 Å². The predicted molar refractivity (Wildman–Crippen MR) is 107 cm³/mol. The molecule has 0 saturated carbocycles. The molecule has 2 heterocycles. The van der Waals surface area contributed by atoms with Crippen molar-refractivity contribution in [2.45, 2.75) is 45.3 Å². The number of halogens is 1. The van der Waals surface area contributed by atoms with Crippen LogP contribution in [0.25, 0.3) is 0 Å². The van der Waals surface area contributed by atoms with Crippen LogP contribution in [0, 0.1) is 6.92 Å². The lowest BCUT2D eigenvalue weighted by Gasteiger charge is -2.27. The fraction of sp³-hybridized carbons (Fsp3) is 0.611. The van der Waals surface area contributed by atoms with Gasteiger partial charge in [-0.1, -0.05) is 12.1 Å². The summed E-state index contributed by atoms with van der Waals surface area (Å²) < 4.78 is 11.5. The van der Waals surface area contributed by atoms with Crippen LogP contribution in [0.2, 0.25) is 0 Å². The molecule has 3 rings (SSSR count). The van der Waals surface area contributed by atoms with Crippen LogP contribution in [0.15, 0.2) is 23.2 Å². The number of hydrogen-bond donors (Lipinski definition) is 1. The van der Waals surface area contributed by atoms with Gasteiger partial charge in [-0.2, -0.15) is 0 Å². The van der Waals surface area contributed by atoms with Gasteiger partial charge in [-0.05, 0) is 37.8 Å². The molecule has 24 heavy (non-hydrogen) atoms. The molecule has 1 atom stereocenters. The highest BCUT2D eigenvalue weighted by molar-refractivity contribution is 14.0. The fourth-order valence-corrected chi connectivity index (χ4v) is 3.08. The van der Waals surface area contributed by atoms with E-state index in [2.05, 4.69) is 35.0 Å². The van der Waals surface area contributed by atoms with E-state index in [1.54, 1.807) is 0 Å². The summed E-state index contributed by atoms with van der Waals surface area (Å²) in [5.41, 5.74) is 8.43. The van der Waals surface area contributed by atoms with Crippen LogP contribution in [0.5, 0.6) is 5.75 Å². The Bertz CT molecular complexity index is 553. The molecule has 1 aromatic rings. The molecular weight excluding hydrogens is 417 g/mol. The largest absolute Gasteiger partial charge is 0.488 e. The van der Waals surface area contributed by atoms with E-state index in [1.165, 1.54) is 24.8 Å². The number of benzene rings is 1. The Kier molecular flexibility index (Phi) is 7.61. The van der Waals surface area contributed by atoms with Crippen molar-refractivity contribution in [1.82, 2.24) is 4.90 Å². The molecule has 2 fully saturated rings. The predicted octanol–water partition coefficient (Wildman–Crippen LogP) is 3.08. The second-order valence-corrected chi connectivity index (χ2v) is 6.44. The van der Waals surface area contributed by atoms with Gasteiger partial charge in [-0.3, -0.25) is 0 Å². The van der Waals surface area contributed by atoms with Crippen molar-refractivity contribution in [2.75, 3.05) is 26.3 Å². The van der Waals surface area contributed by atoms with Gasteiger partial charge in [0.2, 0.25) is 0 Å². The van der Waals surface area contributed by atoms with Crippen molar-refractivity contribution in [2.24, 2.45) is 10.7 Å². The lowest BCUT2D eigenvalue weighted by molar-refractivity contribution is 0.140. The smallest absolute Gasteiger partial charge is 0.191 e. The average molecular weight is 445 g/mol. The summed E-state index contributed by atoms with van der Waals surface area (Å²) in [6.45, 7) is 6.13. The maximum atomic E-state index is 6.15. The normalized spacial score (nSPS) is 21.5. The Balaban J connectivity index is 0.00000208. The zero-order valence-electron chi connectivity index (χ0n) is 14.4. The standard InChI is InChI=1S/C18H27N3O2.HI/c1-14-5-6-15(17(11-14)23-16-7-10-22-13-16)12-20-18(19)21-8-3-2-4-9-21;/h5-6,11,16H,2-4,7-10,12-13H2,1H3,(H2,19,20);1H. The number of piperidine rings is 1. The number of ether oxygens (including phenoxy) is 2. The molecule has 0 aliphatic carbocycles. The fourth-order valence-electron chi connectivity index (χ4n) is 3.08. The van der Waals surface area contributed by atoms with Crippen LogP contribution in [-0.4, -0.2) is 43.3 Å². The molecule has 5 nitrogen and oxygen atoms in total. The summed E-state index contributed by atoms with van der Waals surface area (Å²) in [5, 5.41) is 0. The maximum Gasteiger partial charge on any atom is 0.191 e. The SMILES string of the molecule is Cc1ccc(CN=C(N)N2CCCCC2)c(OC2CCOC2)c1.I. The zero-order chi connectivity index (χ0) is 16.1. The summed E-state index contributed by atoms with van der Waals surface area (Å²) in [6, 6.07) is 6.27. The highest BCUT2D eigenvalue weighted by Crippen LogP contribution is 2.24. The minimum Gasteiger partial charge on any atom is -0.488 e. The van der Waals surface area contributed by atoms with Crippen LogP contribution in [0.4, 0.5) is 0 Å². The first-order valence-corrected chi connectivity index (χ1v) is 8.61. The van der Waals surface area contributed by atoms with E-state index < -0.39 is 0 Å². The first-order chi connectivity index (χ1) is 11.2. The molecule has 1 aromatic carbocycles. The molecule has 2 saturated heterocycles. The third kappa shape index (κ3) is 5.24. The van der Waals surface area contributed by atoms with Crippen molar-refractivity contribution in [1.29, 1.82) is 0 Å². The highest BCUT2D eigenvalue weighted by atomic mass is 127. The summed E-state index contributed by atoms with van der Waals surface area (Å²) >= 11 is 0. The van der Waals surface area contributed by atoms with Crippen molar-refractivity contribution in [3.05, 3.63) is 29.3 Å². The van der Waals surface area contributed by atoms with Crippen LogP contribution in [0.3, 0.4) is 0 Å². The Morgan fingerprint density at radius 3 is 2.83 bits per heavy atom. The number of aliphatic imine (C=N–C) groups is 1. The Morgan fingerprint density at radius 1 is 1.33 bits per heavy atom. The van der Waals surface area contributed by atoms with Gasteiger partial charge in [0.15, 0.2) is 5.96 Å². The minimum atomic E-state index is 0. The third-order valence-electron chi connectivity index (χ3n) is 4.50. The molecule has 0 bridgehead atoms. The molecule has 0 aromatic heterocycles. The molecule has 2 aliphatic heterocycles. The van der Waals surface area contributed by atoms with Gasteiger partial charge in [0.05, 0.1) is 19.8 Å². The zero-order valence-corrected chi connectivity index (χ0v) is 16.7. The molecule has 0 radical (unpaired) electrons. The van der Waals surface area contributed by atoms with Crippen LogP contribution < -0.4 is 10.5 Å². The topological polar surface area (TPSA) is 60.1 Å². The van der Waals surface area contributed by atoms with Gasteiger partial charge in [-0.15, -0.1) is 24.0 Å². The van der Waals surface area contributed by atoms with Gasteiger partial charge in [0.25, 0.3) is 0 Å². The minimum absolute atomic E-state index is 0. The van der Waals surface area contributed by atoms with Crippen LogP contribution in [-0.2, 0) is 11.3 Å². The maximum absolute atomic E-state index is 6.15. The summed E-state index contributed by atoms with van der Waals surface area (Å²) in [5.74, 6) is 1.57. The quantitative estimate of drug-likeness (QED) is 0.440. The van der Waals surface area contributed by atoms with E-state index in [-0.39, 0.29) is 30.1 Å². The Hall–Kier alpha value is -1.02. The van der Waals surface area contributed by atoms with E-state index in [9.17, 15) is 0 Å². The van der Waals surface area contributed by atoms with Crippen molar-refractivity contribution < 1.29 is 9.47 Å². The lowest BCUT2D eigenvalue weighted by Crippen LogP contribution is -2.40. The van der Waals surface area contributed by atoms with Crippen molar-refractivity contribution in [3.8, 4) is 5.75 Å². The van der Waals surface area contributed by atoms with E-state index in [1.807, 2.05) is 0 Å². The van der Waals surface area contributed by atoms with Gasteiger partial charge >= 0.3 is 0 Å². The van der Waals surface area contributed by atoms with E-state index in [0.717, 1.165) is 37.4 Å². The van der Waals surface area contributed by atoms with Crippen LogP contribution >= 0.6 is 24.0 Å². The van der Waals surface area contributed by atoms with Gasteiger partial charge in [-0.25, -0.2) is 4.99 Å². The lowest BCUT2D eigenvalue weighted by atomic mass is 10.1. The summed E-state index contributed by atoms with van der Waals surface area (Å²) in [7, 11) is 0. The molecule has 6 heteroatoms. The number of guanidine groups is 1.